The van der Waals surface area contributed by atoms with Crippen LogP contribution in [0.4, 0.5) is 0 Å². The van der Waals surface area contributed by atoms with Crippen molar-refractivity contribution >= 4 is 17.2 Å². The highest BCUT2D eigenvalue weighted by molar-refractivity contribution is 7.09. The van der Waals surface area contributed by atoms with Crippen molar-refractivity contribution in [2.45, 2.75) is 64.9 Å². The summed E-state index contributed by atoms with van der Waals surface area (Å²) >= 11 is 1.57. The summed E-state index contributed by atoms with van der Waals surface area (Å²) in [6, 6.07) is 8.23. The number of hydrogen-bond acceptors (Lipinski definition) is 8. The second-order valence-electron chi connectivity index (χ2n) is 10.1. The number of thiazole rings is 1. The van der Waals surface area contributed by atoms with Crippen LogP contribution in [0.1, 0.15) is 67.5 Å². The van der Waals surface area contributed by atoms with E-state index in [0.29, 0.717) is 51.1 Å². The van der Waals surface area contributed by atoms with Gasteiger partial charge in [-0.2, -0.15) is 0 Å². The average Bonchev–Trinajstić information content (AvgIpc) is 3.40. The van der Waals surface area contributed by atoms with Crippen LogP contribution in [-0.2, 0) is 20.8 Å². The Labute approximate surface area is 224 Å². The molecule has 2 aliphatic heterocycles. The highest BCUT2D eigenvalue weighted by atomic mass is 32.1. The number of carbonyl (C=O) groups is 1. The van der Waals surface area contributed by atoms with Gasteiger partial charge in [-0.25, -0.2) is 4.98 Å². The Kier molecular flexibility index (Phi) is 9.95. The van der Waals surface area contributed by atoms with Gasteiger partial charge in [0.1, 0.15) is 18.1 Å². The molecule has 8 nitrogen and oxygen atoms in total. The Hall–Kier alpha value is -2.04. The highest BCUT2D eigenvalue weighted by Gasteiger charge is 2.41. The Morgan fingerprint density at radius 3 is 2.59 bits per heavy atom. The molecule has 2 aliphatic rings. The maximum absolute atomic E-state index is 13.1. The molecule has 0 N–H and O–H groups in total. The number of carbonyl (C=O) groups excluding carboxylic acids is 1. The van der Waals surface area contributed by atoms with Gasteiger partial charge < -0.3 is 23.8 Å². The first-order chi connectivity index (χ1) is 17.9. The molecule has 0 atom stereocenters. The molecule has 2 aromatic rings. The summed E-state index contributed by atoms with van der Waals surface area (Å²) in [6.07, 6.45) is 1.46. The van der Waals surface area contributed by atoms with E-state index < -0.39 is 0 Å². The topological polar surface area (TPSA) is 73.4 Å². The van der Waals surface area contributed by atoms with E-state index in [-0.39, 0.29) is 17.8 Å². The van der Waals surface area contributed by atoms with Crippen molar-refractivity contribution in [2.75, 3.05) is 52.6 Å². The quantitative estimate of drug-likeness (QED) is 0.394. The molecule has 2 fully saturated rings. The Morgan fingerprint density at radius 1 is 1.16 bits per heavy atom. The number of aromatic nitrogens is 1. The van der Waals surface area contributed by atoms with Crippen LogP contribution < -0.4 is 4.74 Å². The standard InChI is InChI=1S/C28H41N3O5S/c1-5-33-25(34-6-2)18-35-23-9-7-8-22(16-23)17-30-12-10-28(11-13-30)20-31(14-15-36-28)27(32)24-19-37-26(29-24)21(3)4/h7-9,16,19,21,25H,5-6,10-15,17-18,20H2,1-4H3. The van der Waals surface area contributed by atoms with E-state index in [9.17, 15) is 4.79 Å². The molecule has 0 unspecified atom stereocenters. The van der Waals surface area contributed by atoms with Gasteiger partial charge in [0.05, 0.1) is 23.8 Å². The van der Waals surface area contributed by atoms with Gasteiger partial charge in [0.25, 0.3) is 5.91 Å². The third-order valence-electron chi connectivity index (χ3n) is 6.93. The minimum Gasteiger partial charge on any atom is -0.488 e. The first-order valence-electron chi connectivity index (χ1n) is 13.5. The zero-order valence-electron chi connectivity index (χ0n) is 22.6. The van der Waals surface area contributed by atoms with Gasteiger partial charge in [-0.3, -0.25) is 9.69 Å². The average molecular weight is 532 g/mol. The fraction of sp³-hybridized carbons (Fsp3) is 0.643. The van der Waals surface area contributed by atoms with Gasteiger partial charge in [-0.15, -0.1) is 11.3 Å². The summed E-state index contributed by atoms with van der Waals surface area (Å²) < 4.78 is 23.4. The molecule has 3 heterocycles. The number of nitrogens with zero attached hydrogens (tertiary/aromatic N) is 3. The van der Waals surface area contributed by atoms with Crippen LogP contribution in [0.25, 0.3) is 0 Å². The van der Waals surface area contributed by atoms with Gasteiger partial charge in [-0.1, -0.05) is 26.0 Å². The summed E-state index contributed by atoms with van der Waals surface area (Å²) in [4.78, 5) is 22.1. The molecule has 204 valence electrons. The lowest BCUT2D eigenvalue weighted by molar-refractivity contribution is -0.152. The van der Waals surface area contributed by atoms with E-state index in [2.05, 4.69) is 35.9 Å². The van der Waals surface area contributed by atoms with Crippen LogP contribution >= 0.6 is 11.3 Å². The van der Waals surface area contributed by atoms with Crippen molar-refractivity contribution in [2.24, 2.45) is 0 Å². The molecule has 1 aromatic heterocycles. The normalized spacial score (nSPS) is 18.2. The summed E-state index contributed by atoms with van der Waals surface area (Å²) in [5.41, 5.74) is 1.52. The van der Waals surface area contributed by atoms with Crippen LogP contribution in [0.5, 0.6) is 5.75 Å². The molecule has 37 heavy (non-hydrogen) atoms. The molecule has 0 saturated carbocycles. The Balaban J connectivity index is 1.28. The van der Waals surface area contributed by atoms with E-state index in [1.54, 1.807) is 11.3 Å². The van der Waals surface area contributed by atoms with Crippen molar-refractivity contribution in [3.63, 3.8) is 0 Å². The van der Waals surface area contributed by atoms with Gasteiger partial charge in [-0.05, 0) is 44.4 Å². The first kappa shape index (κ1) is 28.0. The van der Waals surface area contributed by atoms with Crippen LogP contribution in [0.15, 0.2) is 29.6 Å². The lowest BCUT2D eigenvalue weighted by atomic mass is 9.89. The number of ether oxygens (including phenoxy) is 4. The molecule has 0 aliphatic carbocycles. The molecule has 1 amide bonds. The SMILES string of the molecule is CCOC(COc1cccc(CN2CCC3(CC2)CN(C(=O)c2csc(C(C)C)n2)CCO3)c1)OCC. The lowest BCUT2D eigenvalue weighted by Gasteiger charge is -2.47. The summed E-state index contributed by atoms with van der Waals surface area (Å²) in [7, 11) is 0. The number of amides is 1. The number of morpholine rings is 1. The summed E-state index contributed by atoms with van der Waals surface area (Å²) in [5, 5.41) is 2.91. The van der Waals surface area contributed by atoms with E-state index in [4.69, 9.17) is 18.9 Å². The third-order valence-corrected chi connectivity index (χ3v) is 8.08. The highest BCUT2D eigenvalue weighted by Crippen LogP contribution is 2.32. The molecule has 9 heteroatoms. The van der Waals surface area contributed by atoms with E-state index in [1.165, 1.54) is 5.56 Å². The zero-order chi connectivity index (χ0) is 26.3. The second kappa shape index (κ2) is 13.2. The molecule has 1 aromatic carbocycles. The third kappa shape index (κ3) is 7.51. The minimum absolute atomic E-state index is 0.0287. The first-order valence-corrected chi connectivity index (χ1v) is 14.4. The Morgan fingerprint density at radius 2 is 1.92 bits per heavy atom. The van der Waals surface area contributed by atoms with Crippen LogP contribution in [0.2, 0.25) is 0 Å². The largest absolute Gasteiger partial charge is 0.488 e. The Bertz CT molecular complexity index is 999. The molecule has 0 bridgehead atoms. The van der Waals surface area contributed by atoms with Crippen molar-refractivity contribution in [1.82, 2.24) is 14.8 Å². The summed E-state index contributed by atoms with van der Waals surface area (Å²) in [6.45, 7) is 14.2. The minimum atomic E-state index is -0.355. The maximum Gasteiger partial charge on any atom is 0.273 e. The number of hydrogen-bond donors (Lipinski definition) is 0. The number of piperidine rings is 1. The number of benzene rings is 1. The number of rotatable bonds is 11. The van der Waals surface area contributed by atoms with Gasteiger partial charge in [0.2, 0.25) is 0 Å². The predicted molar refractivity (Wildman–Crippen MR) is 144 cm³/mol. The van der Waals surface area contributed by atoms with Crippen LogP contribution in [-0.4, -0.2) is 85.2 Å². The molecule has 1 spiro atoms. The van der Waals surface area contributed by atoms with Crippen LogP contribution in [0.3, 0.4) is 0 Å². The lowest BCUT2D eigenvalue weighted by Crippen LogP contribution is -2.58. The van der Waals surface area contributed by atoms with Crippen molar-refractivity contribution in [1.29, 1.82) is 0 Å². The van der Waals surface area contributed by atoms with Crippen molar-refractivity contribution < 1.29 is 23.7 Å². The molecule has 2 saturated heterocycles. The van der Waals surface area contributed by atoms with Crippen LogP contribution in [0, 0.1) is 0 Å². The van der Waals surface area contributed by atoms with Crippen molar-refractivity contribution in [3.8, 4) is 5.75 Å². The fourth-order valence-electron chi connectivity index (χ4n) is 4.92. The van der Waals surface area contributed by atoms with Crippen molar-refractivity contribution in [3.05, 3.63) is 45.9 Å². The second-order valence-corrected chi connectivity index (χ2v) is 10.9. The molecular weight excluding hydrogens is 490 g/mol. The predicted octanol–water partition coefficient (Wildman–Crippen LogP) is 4.55. The molecule has 4 rings (SSSR count). The van der Waals surface area contributed by atoms with E-state index in [0.717, 1.165) is 43.2 Å². The van der Waals surface area contributed by atoms with E-state index >= 15 is 0 Å². The summed E-state index contributed by atoms with van der Waals surface area (Å²) in [5.74, 6) is 1.19. The number of likely N-dealkylation sites (tertiary alicyclic amines) is 1. The molecular formula is C28H41N3O5S. The fourth-order valence-corrected chi connectivity index (χ4v) is 5.73. The van der Waals surface area contributed by atoms with Gasteiger partial charge >= 0.3 is 0 Å². The molecule has 0 radical (unpaired) electrons. The monoisotopic (exact) mass is 531 g/mol. The smallest absolute Gasteiger partial charge is 0.273 e. The van der Waals surface area contributed by atoms with E-state index in [1.807, 2.05) is 36.3 Å². The zero-order valence-corrected chi connectivity index (χ0v) is 23.4. The van der Waals surface area contributed by atoms with Gasteiger partial charge in [0.15, 0.2) is 6.29 Å². The van der Waals surface area contributed by atoms with Gasteiger partial charge in [0, 0.05) is 50.7 Å². The maximum atomic E-state index is 13.1.